The molecule has 0 aliphatic heterocycles. The lowest BCUT2D eigenvalue weighted by Crippen LogP contribution is -2.58. The van der Waals surface area contributed by atoms with Gasteiger partial charge < -0.3 is 37.6 Å². The molecule has 2 aromatic carbocycles. The first-order valence-electron chi connectivity index (χ1n) is 15.9. The lowest BCUT2D eigenvalue weighted by atomic mass is 10.0. The summed E-state index contributed by atoms with van der Waals surface area (Å²) in [7, 11) is 0. The molecule has 47 heavy (non-hydrogen) atoms. The van der Waals surface area contributed by atoms with Crippen LogP contribution in [0.3, 0.4) is 0 Å². The van der Waals surface area contributed by atoms with Crippen LogP contribution in [0.1, 0.15) is 58.6 Å². The minimum atomic E-state index is -0.905. The highest BCUT2D eigenvalue weighted by Gasteiger charge is 2.28. The highest BCUT2D eigenvalue weighted by molar-refractivity contribution is 5.93. The van der Waals surface area contributed by atoms with Gasteiger partial charge >= 0.3 is 0 Å². The molecule has 0 aromatic heterocycles. The molecule has 2 unspecified atom stereocenters. The Morgan fingerprint density at radius 1 is 0.596 bits per heavy atom. The molecule has 13 heteroatoms. The van der Waals surface area contributed by atoms with Gasteiger partial charge in [-0.3, -0.25) is 28.8 Å². The minimum absolute atomic E-state index is 0.180. The van der Waals surface area contributed by atoms with Crippen LogP contribution in [0.15, 0.2) is 60.7 Å². The Kier molecular flexibility index (Phi) is 16.1. The fourth-order valence-electron chi connectivity index (χ4n) is 4.80. The third-order valence-corrected chi connectivity index (χ3v) is 7.56. The van der Waals surface area contributed by atoms with Gasteiger partial charge in [0.2, 0.25) is 35.4 Å². The predicted molar refractivity (Wildman–Crippen MR) is 179 cm³/mol. The Morgan fingerprint density at radius 3 is 1.55 bits per heavy atom. The molecule has 6 amide bonds. The summed E-state index contributed by atoms with van der Waals surface area (Å²) in [5, 5.41) is 16.8. The highest BCUT2D eigenvalue weighted by Crippen LogP contribution is 2.08. The second-order valence-corrected chi connectivity index (χ2v) is 11.5. The van der Waals surface area contributed by atoms with Crippen LogP contribution in [0, 0.1) is 0 Å². The van der Waals surface area contributed by atoms with Gasteiger partial charge in [-0.15, -0.1) is 0 Å². The van der Waals surface area contributed by atoms with Crippen molar-refractivity contribution in [1.82, 2.24) is 31.9 Å². The molecule has 2 aromatic rings. The average Bonchev–Trinajstić information content (AvgIpc) is 3.04. The van der Waals surface area contributed by atoms with E-state index in [-0.39, 0.29) is 18.9 Å². The number of nitrogens with one attached hydrogen (secondary N) is 6. The normalized spacial score (nSPS) is 14.7. The molecular weight excluding hydrogens is 602 g/mol. The Labute approximate surface area is 276 Å². The largest absolute Gasteiger partial charge is 0.368 e. The zero-order valence-electron chi connectivity index (χ0n) is 27.8. The van der Waals surface area contributed by atoms with Crippen molar-refractivity contribution in [3.05, 3.63) is 71.8 Å². The summed E-state index contributed by atoms with van der Waals surface area (Å²) in [5.41, 5.74) is 7.11. The molecule has 0 spiro atoms. The smallest absolute Gasteiger partial charge is 0.243 e. The topological polar surface area (TPSA) is 201 Å². The van der Waals surface area contributed by atoms with Gasteiger partial charge in [-0.2, -0.15) is 0 Å². The van der Waals surface area contributed by atoms with Gasteiger partial charge in [0, 0.05) is 19.5 Å². The molecule has 0 saturated heterocycles. The predicted octanol–water partition coefficient (Wildman–Crippen LogP) is 0.219. The maximum Gasteiger partial charge on any atom is 0.243 e. The molecule has 6 atom stereocenters. The summed E-state index contributed by atoms with van der Waals surface area (Å²) in [6, 6.07) is 14.1. The van der Waals surface area contributed by atoms with Gasteiger partial charge in [0.15, 0.2) is 0 Å². The third kappa shape index (κ3) is 13.6. The maximum absolute atomic E-state index is 13.6. The molecule has 8 N–H and O–H groups in total. The van der Waals surface area contributed by atoms with Crippen molar-refractivity contribution < 1.29 is 28.8 Å². The first kappa shape index (κ1) is 38.4. The molecule has 0 fully saturated rings. The Bertz CT molecular complexity index is 1340. The number of hydrogen-bond donors (Lipinski definition) is 7. The van der Waals surface area contributed by atoms with Crippen LogP contribution in [0.5, 0.6) is 0 Å². The molecule has 0 radical (unpaired) electrons. The second kappa shape index (κ2) is 19.7. The summed E-state index contributed by atoms with van der Waals surface area (Å²) in [6.45, 7) is 8.00. The van der Waals surface area contributed by atoms with Crippen molar-refractivity contribution >= 4 is 35.4 Å². The standard InChI is InChI=1S/C34H49N7O6/c1-6-27(32(45)38-21(3)30(35)43)41-34(47)29(19-25-16-12-9-13-17-25)36-20-26(18-24-14-10-8-11-15-24)39-33(46)28(7-2)40-31(44)22(4)37-23(5)42/h8-17,21-22,26-29,36H,6-7,18-20H2,1-5H3,(H2,35,43)(H,37,42)(H,38,45)(H,39,46)(H,40,44)(H,41,47)/t21-,22-,26-,27?,28?,29-/m0/s1. The van der Waals surface area contributed by atoms with E-state index in [0.717, 1.165) is 11.1 Å². The molecule has 2 rings (SSSR count). The fourth-order valence-corrected chi connectivity index (χ4v) is 4.80. The number of carbonyl (C=O) groups excluding carboxylic acids is 6. The third-order valence-electron chi connectivity index (χ3n) is 7.56. The Balaban J connectivity index is 2.25. The number of rotatable bonds is 19. The zero-order chi connectivity index (χ0) is 34.9. The van der Waals surface area contributed by atoms with Crippen molar-refractivity contribution in [1.29, 1.82) is 0 Å². The van der Waals surface area contributed by atoms with Gasteiger partial charge in [0.05, 0.1) is 6.04 Å². The lowest BCUT2D eigenvalue weighted by molar-refractivity contribution is -0.132. The van der Waals surface area contributed by atoms with Crippen LogP contribution >= 0.6 is 0 Å². The molecule has 0 aliphatic rings. The van der Waals surface area contributed by atoms with E-state index in [1.54, 1.807) is 13.8 Å². The maximum atomic E-state index is 13.6. The quantitative estimate of drug-likeness (QED) is 0.113. The second-order valence-electron chi connectivity index (χ2n) is 11.5. The lowest BCUT2D eigenvalue weighted by Gasteiger charge is -2.27. The molecule has 0 heterocycles. The van der Waals surface area contributed by atoms with Crippen LogP contribution < -0.4 is 37.6 Å². The van der Waals surface area contributed by atoms with Crippen molar-refractivity contribution in [2.24, 2.45) is 5.73 Å². The van der Waals surface area contributed by atoms with Crippen LogP contribution in [0.25, 0.3) is 0 Å². The van der Waals surface area contributed by atoms with E-state index in [1.807, 2.05) is 60.7 Å². The fraction of sp³-hybridized carbons (Fsp3) is 0.471. The van der Waals surface area contributed by atoms with Crippen LogP contribution in [0.4, 0.5) is 0 Å². The van der Waals surface area contributed by atoms with Gasteiger partial charge in [-0.1, -0.05) is 74.5 Å². The van der Waals surface area contributed by atoms with Crippen molar-refractivity contribution in [3.63, 3.8) is 0 Å². The summed E-state index contributed by atoms with van der Waals surface area (Å²) in [4.78, 5) is 75.4. The summed E-state index contributed by atoms with van der Waals surface area (Å²) in [5.74, 6) is -2.91. The van der Waals surface area contributed by atoms with Crippen LogP contribution in [0.2, 0.25) is 0 Å². The summed E-state index contributed by atoms with van der Waals surface area (Å²) in [6.07, 6.45) is 1.31. The average molecular weight is 652 g/mol. The van der Waals surface area contributed by atoms with E-state index < -0.39 is 65.8 Å². The number of primary amides is 1. The van der Waals surface area contributed by atoms with E-state index in [0.29, 0.717) is 19.3 Å². The van der Waals surface area contributed by atoms with E-state index in [1.165, 1.54) is 20.8 Å². The number of hydrogen-bond acceptors (Lipinski definition) is 7. The molecular formula is C34H49N7O6. The van der Waals surface area contributed by atoms with E-state index >= 15 is 0 Å². The van der Waals surface area contributed by atoms with Crippen LogP contribution in [-0.4, -0.2) is 78.2 Å². The first-order chi connectivity index (χ1) is 22.3. The molecule has 0 bridgehead atoms. The number of benzene rings is 2. The summed E-state index contributed by atoms with van der Waals surface area (Å²) >= 11 is 0. The molecule has 0 saturated carbocycles. The van der Waals surface area contributed by atoms with Gasteiger partial charge in [0.25, 0.3) is 0 Å². The molecule has 256 valence electrons. The Morgan fingerprint density at radius 2 is 1.06 bits per heavy atom. The number of amides is 6. The van der Waals surface area contributed by atoms with E-state index in [9.17, 15) is 28.8 Å². The summed E-state index contributed by atoms with van der Waals surface area (Å²) < 4.78 is 0. The zero-order valence-corrected chi connectivity index (χ0v) is 27.8. The number of carbonyl (C=O) groups is 6. The van der Waals surface area contributed by atoms with Crippen molar-refractivity contribution in [2.45, 2.75) is 96.6 Å². The first-order valence-corrected chi connectivity index (χ1v) is 15.9. The Hall–Kier alpha value is -4.78. The highest BCUT2D eigenvalue weighted by atomic mass is 16.2. The SMILES string of the molecule is CCC(NC(=O)[C@H](C)NC(C)=O)C(=O)N[C@H](CN[C@@H](Cc1ccccc1)C(=O)NC(CC)C(=O)N[C@@H](C)C(N)=O)Cc1ccccc1. The minimum Gasteiger partial charge on any atom is -0.368 e. The number of nitrogens with two attached hydrogens (primary N) is 1. The van der Waals surface area contributed by atoms with Gasteiger partial charge in [-0.05, 0) is 50.7 Å². The van der Waals surface area contributed by atoms with Crippen LogP contribution in [-0.2, 0) is 41.6 Å². The van der Waals surface area contributed by atoms with Crippen molar-refractivity contribution in [2.75, 3.05) is 6.54 Å². The van der Waals surface area contributed by atoms with Gasteiger partial charge in [0.1, 0.15) is 24.2 Å². The van der Waals surface area contributed by atoms with E-state index in [2.05, 4.69) is 31.9 Å². The van der Waals surface area contributed by atoms with Crippen molar-refractivity contribution in [3.8, 4) is 0 Å². The molecule has 13 nitrogen and oxygen atoms in total. The van der Waals surface area contributed by atoms with E-state index in [4.69, 9.17) is 5.73 Å². The molecule has 0 aliphatic carbocycles. The van der Waals surface area contributed by atoms with Gasteiger partial charge in [-0.25, -0.2) is 0 Å². The monoisotopic (exact) mass is 651 g/mol.